The van der Waals surface area contributed by atoms with Crippen LogP contribution in [0.3, 0.4) is 0 Å². The third kappa shape index (κ3) is 5.82. The van der Waals surface area contributed by atoms with Gasteiger partial charge in [-0.15, -0.1) is 0 Å². The van der Waals surface area contributed by atoms with E-state index in [-0.39, 0.29) is 6.04 Å². The second-order valence-electron chi connectivity index (χ2n) is 6.92. The van der Waals surface area contributed by atoms with Crippen LogP contribution >= 0.6 is 0 Å². The topological polar surface area (TPSA) is 26.0 Å². The number of allylic oxidation sites excluding steroid dienone is 4. The predicted octanol–water partition coefficient (Wildman–Crippen LogP) is 5.63. The third-order valence-electron chi connectivity index (χ3n) is 5.33. The fraction of sp³-hybridized carbons (Fsp3) is 0.700. The van der Waals surface area contributed by atoms with Crippen LogP contribution in [0.5, 0.6) is 0 Å². The van der Waals surface area contributed by atoms with E-state index < -0.39 is 0 Å². The lowest BCUT2D eigenvalue weighted by molar-refractivity contribution is 0.251. The fourth-order valence-corrected chi connectivity index (χ4v) is 3.31. The summed E-state index contributed by atoms with van der Waals surface area (Å²) >= 11 is 0. The zero-order valence-electron chi connectivity index (χ0n) is 14.4. The zero-order chi connectivity index (χ0) is 15.8. The first kappa shape index (κ1) is 18.2. The van der Waals surface area contributed by atoms with Gasteiger partial charge in [0, 0.05) is 6.04 Å². The quantitative estimate of drug-likeness (QED) is 0.603. The highest BCUT2D eigenvalue weighted by Gasteiger charge is 2.27. The second-order valence-corrected chi connectivity index (χ2v) is 6.92. The molecule has 0 aromatic rings. The van der Waals surface area contributed by atoms with Crippen LogP contribution in [0.2, 0.25) is 0 Å². The summed E-state index contributed by atoms with van der Waals surface area (Å²) in [7, 11) is 0. The molecule has 1 heteroatoms. The molecule has 0 saturated carbocycles. The molecule has 21 heavy (non-hydrogen) atoms. The first-order valence-electron chi connectivity index (χ1n) is 8.74. The molecule has 120 valence electrons. The summed E-state index contributed by atoms with van der Waals surface area (Å²) in [6, 6.07) is 0.276. The average Bonchev–Trinajstić information content (AvgIpc) is 2.46. The summed E-state index contributed by atoms with van der Waals surface area (Å²) in [6.07, 6.45) is 12.7. The summed E-state index contributed by atoms with van der Waals surface area (Å²) in [5.41, 5.74) is 9.26. The summed E-state index contributed by atoms with van der Waals surface area (Å²) in [5, 5.41) is 0. The van der Waals surface area contributed by atoms with Gasteiger partial charge in [-0.1, -0.05) is 63.6 Å². The van der Waals surface area contributed by atoms with E-state index in [1.54, 1.807) is 0 Å². The first-order chi connectivity index (χ1) is 9.97. The molecule has 0 spiro atoms. The lowest BCUT2D eigenvalue weighted by Crippen LogP contribution is -2.39. The van der Waals surface area contributed by atoms with Crippen molar-refractivity contribution in [1.29, 1.82) is 0 Å². The standard InChI is InChI=1S/C20H35N/c1-6-7-11-16(3)17(4)18(5)20(21)19-12-9-8-10-15(2)13-14-19/h8,10,17-20H,2-3,6-7,9,11-14,21H2,1,4-5H3/b10-8-. The van der Waals surface area contributed by atoms with E-state index in [2.05, 4.69) is 46.1 Å². The van der Waals surface area contributed by atoms with Crippen molar-refractivity contribution in [3.05, 3.63) is 36.5 Å². The molecular formula is C20H35N. The van der Waals surface area contributed by atoms with Crippen LogP contribution in [0.25, 0.3) is 0 Å². The maximum Gasteiger partial charge on any atom is 0.00988 e. The molecule has 0 fully saturated rings. The Morgan fingerprint density at radius 1 is 1.38 bits per heavy atom. The van der Waals surface area contributed by atoms with Crippen molar-refractivity contribution >= 4 is 0 Å². The van der Waals surface area contributed by atoms with Gasteiger partial charge in [0.15, 0.2) is 0 Å². The first-order valence-corrected chi connectivity index (χ1v) is 8.74. The third-order valence-corrected chi connectivity index (χ3v) is 5.33. The molecule has 1 aliphatic carbocycles. The number of hydrogen-bond donors (Lipinski definition) is 1. The van der Waals surface area contributed by atoms with Crippen LogP contribution in [0.15, 0.2) is 36.5 Å². The summed E-state index contributed by atoms with van der Waals surface area (Å²) in [6.45, 7) is 15.3. The molecule has 0 bridgehead atoms. The zero-order valence-corrected chi connectivity index (χ0v) is 14.4. The highest BCUT2D eigenvalue weighted by molar-refractivity contribution is 5.15. The molecule has 1 nitrogen and oxygen atoms in total. The largest absolute Gasteiger partial charge is 0.327 e. The Morgan fingerprint density at radius 3 is 2.76 bits per heavy atom. The molecule has 0 aromatic heterocycles. The van der Waals surface area contributed by atoms with Crippen LogP contribution in [-0.4, -0.2) is 6.04 Å². The normalized spacial score (nSPS) is 25.5. The minimum absolute atomic E-state index is 0.276. The molecule has 0 aromatic carbocycles. The van der Waals surface area contributed by atoms with Gasteiger partial charge >= 0.3 is 0 Å². The Balaban J connectivity index is 2.59. The highest BCUT2D eigenvalue weighted by Crippen LogP contribution is 2.32. The average molecular weight is 290 g/mol. The van der Waals surface area contributed by atoms with Gasteiger partial charge in [-0.3, -0.25) is 0 Å². The Labute approximate surface area is 132 Å². The van der Waals surface area contributed by atoms with Crippen molar-refractivity contribution in [2.24, 2.45) is 23.5 Å². The van der Waals surface area contributed by atoms with E-state index >= 15 is 0 Å². The van der Waals surface area contributed by atoms with E-state index in [4.69, 9.17) is 5.73 Å². The van der Waals surface area contributed by atoms with Crippen LogP contribution < -0.4 is 5.73 Å². The molecule has 1 aliphatic rings. The Hall–Kier alpha value is -0.820. The van der Waals surface area contributed by atoms with Crippen LogP contribution in [0, 0.1) is 17.8 Å². The Bertz CT molecular complexity index is 366. The maximum absolute atomic E-state index is 6.63. The summed E-state index contributed by atoms with van der Waals surface area (Å²) < 4.78 is 0. The van der Waals surface area contributed by atoms with Crippen LogP contribution in [0.1, 0.15) is 65.7 Å². The number of hydrogen-bond acceptors (Lipinski definition) is 1. The van der Waals surface area contributed by atoms with E-state index in [0.29, 0.717) is 17.8 Å². The maximum atomic E-state index is 6.63. The minimum Gasteiger partial charge on any atom is -0.327 e. The van der Waals surface area contributed by atoms with Gasteiger partial charge in [-0.25, -0.2) is 0 Å². The SMILES string of the molecule is C=C1/C=C\CCC(C(N)C(C)C(C)C(=C)CCCC)CC1. The minimum atomic E-state index is 0.276. The molecule has 4 atom stereocenters. The smallest absolute Gasteiger partial charge is 0.00988 e. The van der Waals surface area contributed by atoms with Gasteiger partial charge in [0.25, 0.3) is 0 Å². The van der Waals surface area contributed by atoms with Crippen molar-refractivity contribution in [1.82, 2.24) is 0 Å². The molecule has 4 unspecified atom stereocenters. The van der Waals surface area contributed by atoms with E-state index in [0.717, 1.165) is 19.3 Å². The van der Waals surface area contributed by atoms with E-state index in [1.807, 2.05) is 0 Å². The molecule has 0 heterocycles. The van der Waals surface area contributed by atoms with Crippen molar-refractivity contribution in [2.75, 3.05) is 0 Å². The van der Waals surface area contributed by atoms with Gasteiger partial charge in [-0.05, 0) is 56.3 Å². The monoisotopic (exact) mass is 289 g/mol. The summed E-state index contributed by atoms with van der Waals surface area (Å²) in [4.78, 5) is 0. The fourth-order valence-electron chi connectivity index (χ4n) is 3.31. The molecule has 2 N–H and O–H groups in total. The Kier molecular flexibility index (Phi) is 8.03. The van der Waals surface area contributed by atoms with Crippen molar-refractivity contribution in [2.45, 2.75) is 71.8 Å². The van der Waals surface area contributed by atoms with Gasteiger partial charge < -0.3 is 5.73 Å². The lowest BCUT2D eigenvalue weighted by atomic mass is 9.75. The van der Waals surface area contributed by atoms with Gasteiger partial charge in [0.1, 0.15) is 0 Å². The van der Waals surface area contributed by atoms with Crippen molar-refractivity contribution < 1.29 is 0 Å². The molecule has 0 saturated heterocycles. The van der Waals surface area contributed by atoms with Gasteiger partial charge in [0.05, 0.1) is 0 Å². The molecule has 0 amide bonds. The number of unbranched alkanes of at least 4 members (excludes halogenated alkanes) is 1. The second kappa shape index (κ2) is 9.25. The predicted molar refractivity (Wildman–Crippen MR) is 95.2 cm³/mol. The van der Waals surface area contributed by atoms with Gasteiger partial charge in [0.2, 0.25) is 0 Å². The lowest BCUT2D eigenvalue weighted by Gasteiger charge is -2.34. The molecular weight excluding hydrogens is 254 g/mol. The van der Waals surface area contributed by atoms with Crippen LogP contribution in [0.4, 0.5) is 0 Å². The van der Waals surface area contributed by atoms with Crippen molar-refractivity contribution in [3.63, 3.8) is 0 Å². The molecule has 0 radical (unpaired) electrons. The van der Waals surface area contributed by atoms with Crippen molar-refractivity contribution in [3.8, 4) is 0 Å². The highest BCUT2D eigenvalue weighted by atomic mass is 14.7. The Morgan fingerprint density at radius 2 is 2.10 bits per heavy atom. The van der Waals surface area contributed by atoms with Crippen LogP contribution in [-0.2, 0) is 0 Å². The molecule has 1 rings (SSSR count). The van der Waals surface area contributed by atoms with Gasteiger partial charge in [-0.2, -0.15) is 0 Å². The van der Waals surface area contributed by atoms with E-state index in [9.17, 15) is 0 Å². The molecule has 0 aliphatic heterocycles. The number of rotatable bonds is 7. The summed E-state index contributed by atoms with van der Waals surface area (Å²) in [5.74, 6) is 1.65. The van der Waals surface area contributed by atoms with E-state index in [1.165, 1.54) is 36.8 Å². The number of nitrogens with two attached hydrogens (primary N) is 1.